The lowest BCUT2D eigenvalue weighted by Gasteiger charge is -2.07. The molecule has 4 rings (SSSR count). The van der Waals surface area contributed by atoms with Gasteiger partial charge in [0.25, 0.3) is 0 Å². The normalized spacial score (nSPS) is 11.0. The second-order valence-electron chi connectivity index (χ2n) is 6.09. The molecule has 0 radical (unpaired) electrons. The zero-order valence-corrected chi connectivity index (χ0v) is 14.3. The van der Waals surface area contributed by atoms with Crippen molar-refractivity contribution in [3.63, 3.8) is 0 Å². The van der Waals surface area contributed by atoms with Gasteiger partial charge in [0.15, 0.2) is 0 Å². The quantitative estimate of drug-likeness (QED) is 0.518. The van der Waals surface area contributed by atoms with E-state index in [4.69, 9.17) is 9.15 Å². The maximum atomic E-state index is 11.4. The van der Waals surface area contributed by atoms with E-state index in [-0.39, 0.29) is 12.2 Å². The van der Waals surface area contributed by atoms with Gasteiger partial charge in [0, 0.05) is 17.5 Å². The van der Waals surface area contributed by atoms with E-state index in [0.717, 1.165) is 22.2 Å². The maximum Gasteiger partial charge on any atom is 0.336 e. The van der Waals surface area contributed by atoms with Crippen LogP contribution in [0, 0.1) is 6.92 Å². The van der Waals surface area contributed by atoms with Crippen molar-refractivity contribution in [2.45, 2.75) is 20.1 Å². The van der Waals surface area contributed by atoms with Crippen molar-refractivity contribution in [2.24, 2.45) is 0 Å². The third-order valence-corrected chi connectivity index (χ3v) is 4.08. The molecule has 2 aromatic carbocycles. The molecular formula is C20H17N3O3. The lowest BCUT2D eigenvalue weighted by molar-refractivity contribution is 0.301. The van der Waals surface area contributed by atoms with Crippen LogP contribution in [0.25, 0.3) is 11.0 Å². The van der Waals surface area contributed by atoms with Gasteiger partial charge < -0.3 is 9.15 Å². The van der Waals surface area contributed by atoms with E-state index in [0.29, 0.717) is 17.9 Å². The largest absolute Gasteiger partial charge is 0.487 e. The van der Waals surface area contributed by atoms with Crippen molar-refractivity contribution in [3.8, 4) is 5.75 Å². The summed E-state index contributed by atoms with van der Waals surface area (Å²) < 4.78 is 12.8. The van der Waals surface area contributed by atoms with Crippen LogP contribution < -0.4 is 10.4 Å². The highest BCUT2D eigenvalue weighted by molar-refractivity contribution is 5.81. The Kier molecular flexibility index (Phi) is 4.23. The van der Waals surface area contributed by atoms with Crippen LogP contribution in [0.2, 0.25) is 0 Å². The molecule has 0 saturated heterocycles. The molecule has 6 nitrogen and oxygen atoms in total. The number of benzene rings is 2. The average Bonchev–Trinajstić information content (AvgIpc) is 3.08. The second-order valence-corrected chi connectivity index (χ2v) is 6.09. The summed E-state index contributed by atoms with van der Waals surface area (Å²) in [5.74, 6) is 0.627. The molecule has 0 aliphatic heterocycles. The third kappa shape index (κ3) is 3.49. The molecule has 0 fully saturated rings. The van der Waals surface area contributed by atoms with Crippen LogP contribution in [-0.4, -0.2) is 15.0 Å². The van der Waals surface area contributed by atoms with E-state index in [1.54, 1.807) is 16.8 Å². The number of nitrogens with zero attached hydrogens (tertiary/aromatic N) is 3. The van der Waals surface area contributed by atoms with E-state index in [2.05, 4.69) is 10.3 Å². The highest BCUT2D eigenvalue weighted by atomic mass is 16.5. The van der Waals surface area contributed by atoms with Crippen LogP contribution in [0.5, 0.6) is 5.75 Å². The predicted octanol–water partition coefficient (Wildman–Crippen LogP) is 3.32. The van der Waals surface area contributed by atoms with Gasteiger partial charge in [-0.2, -0.15) is 0 Å². The summed E-state index contributed by atoms with van der Waals surface area (Å²) in [5, 5.41) is 9.16. The number of hydrogen-bond acceptors (Lipinski definition) is 5. The number of rotatable bonds is 5. The lowest BCUT2D eigenvalue weighted by Crippen LogP contribution is -2.00. The number of aromatic nitrogens is 3. The van der Waals surface area contributed by atoms with Crippen LogP contribution >= 0.6 is 0 Å². The number of hydrogen-bond donors (Lipinski definition) is 0. The van der Waals surface area contributed by atoms with Crippen LogP contribution in [0.15, 0.2) is 70.0 Å². The summed E-state index contributed by atoms with van der Waals surface area (Å²) in [7, 11) is 0. The first kappa shape index (κ1) is 16.1. The summed E-state index contributed by atoms with van der Waals surface area (Å²) in [6.07, 6.45) is 1.86. The number of aryl methyl sites for hydroxylation is 1. The molecule has 0 spiro atoms. The van der Waals surface area contributed by atoms with Crippen molar-refractivity contribution < 1.29 is 9.15 Å². The summed E-state index contributed by atoms with van der Waals surface area (Å²) in [5.41, 5.74) is 3.00. The standard InChI is InChI=1S/C20H17N3O3/c1-14-9-17(10-19-18(14)7-8-20(24)26-19)25-13-16-12-23(22-21-16)11-15-5-3-2-4-6-15/h2-10,12H,11,13H2,1H3. The fraction of sp³-hybridized carbons (Fsp3) is 0.150. The molecule has 0 aliphatic rings. The van der Waals surface area contributed by atoms with Gasteiger partial charge in [0.05, 0.1) is 12.7 Å². The van der Waals surface area contributed by atoms with Crippen LogP contribution in [0.4, 0.5) is 0 Å². The van der Waals surface area contributed by atoms with Crippen LogP contribution in [0.3, 0.4) is 0 Å². The zero-order valence-electron chi connectivity index (χ0n) is 14.3. The fourth-order valence-electron chi connectivity index (χ4n) is 2.82. The number of ether oxygens (including phenoxy) is 1. The predicted molar refractivity (Wildman–Crippen MR) is 97.1 cm³/mol. The summed E-state index contributed by atoms with van der Waals surface area (Å²) in [4.78, 5) is 11.4. The molecular weight excluding hydrogens is 330 g/mol. The SMILES string of the molecule is Cc1cc(OCc2cn(Cc3ccccc3)nn2)cc2oc(=O)ccc12. The van der Waals surface area contributed by atoms with Crippen molar-refractivity contribution in [3.05, 3.63) is 88.0 Å². The minimum absolute atomic E-state index is 0.288. The van der Waals surface area contributed by atoms with E-state index in [9.17, 15) is 4.79 Å². The van der Waals surface area contributed by atoms with Gasteiger partial charge in [-0.15, -0.1) is 5.10 Å². The number of fused-ring (bicyclic) bond motifs is 1. The maximum absolute atomic E-state index is 11.4. The van der Waals surface area contributed by atoms with Gasteiger partial charge in [0.1, 0.15) is 23.6 Å². The minimum atomic E-state index is -0.377. The molecule has 0 aliphatic carbocycles. The Hall–Kier alpha value is -3.41. The van der Waals surface area contributed by atoms with Gasteiger partial charge in [-0.3, -0.25) is 0 Å². The minimum Gasteiger partial charge on any atom is -0.487 e. The molecule has 26 heavy (non-hydrogen) atoms. The first-order chi connectivity index (χ1) is 12.7. The molecule has 2 heterocycles. The van der Waals surface area contributed by atoms with Crippen molar-refractivity contribution in [2.75, 3.05) is 0 Å². The average molecular weight is 347 g/mol. The first-order valence-electron chi connectivity index (χ1n) is 8.28. The molecule has 0 atom stereocenters. The van der Waals surface area contributed by atoms with Crippen molar-refractivity contribution >= 4 is 11.0 Å². The Morgan fingerprint density at radius 2 is 1.96 bits per heavy atom. The highest BCUT2D eigenvalue weighted by Crippen LogP contribution is 2.24. The van der Waals surface area contributed by atoms with E-state index < -0.39 is 0 Å². The molecule has 0 unspecified atom stereocenters. The van der Waals surface area contributed by atoms with Crippen molar-refractivity contribution in [1.29, 1.82) is 0 Å². The van der Waals surface area contributed by atoms with Gasteiger partial charge in [-0.1, -0.05) is 35.5 Å². The van der Waals surface area contributed by atoms with Crippen LogP contribution in [-0.2, 0) is 13.2 Å². The third-order valence-electron chi connectivity index (χ3n) is 4.08. The molecule has 4 aromatic rings. The molecule has 6 heteroatoms. The van der Waals surface area contributed by atoms with Gasteiger partial charge >= 0.3 is 5.63 Å². The Morgan fingerprint density at radius 3 is 2.81 bits per heavy atom. The second kappa shape index (κ2) is 6.84. The monoisotopic (exact) mass is 347 g/mol. The topological polar surface area (TPSA) is 70.2 Å². The molecule has 130 valence electrons. The highest BCUT2D eigenvalue weighted by Gasteiger charge is 2.07. The van der Waals surface area contributed by atoms with E-state index in [1.807, 2.05) is 49.5 Å². The van der Waals surface area contributed by atoms with Gasteiger partial charge in [0.2, 0.25) is 0 Å². The Morgan fingerprint density at radius 1 is 1.12 bits per heavy atom. The van der Waals surface area contributed by atoms with E-state index >= 15 is 0 Å². The molecule has 0 N–H and O–H groups in total. The van der Waals surface area contributed by atoms with Crippen molar-refractivity contribution in [1.82, 2.24) is 15.0 Å². The smallest absolute Gasteiger partial charge is 0.336 e. The Labute approximate surface area is 149 Å². The van der Waals surface area contributed by atoms with E-state index in [1.165, 1.54) is 6.07 Å². The molecule has 2 aromatic heterocycles. The van der Waals surface area contributed by atoms with Gasteiger partial charge in [-0.05, 0) is 30.2 Å². The summed E-state index contributed by atoms with van der Waals surface area (Å²) >= 11 is 0. The lowest BCUT2D eigenvalue weighted by atomic mass is 10.1. The molecule has 0 amide bonds. The Bertz CT molecular complexity index is 1100. The molecule has 0 saturated carbocycles. The first-order valence-corrected chi connectivity index (χ1v) is 8.28. The van der Waals surface area contributed by atoms with Crippen LogP contribution in [0.1, 0.15) is 16.8 Å². The summed E-state index contributed by atoms with van der Waals surface area (Å²) in [6, 6.07) is 16.9. The fourth-order valence-corrected chi connectivity index (χ4v) is 2.82. The summed E-state index contributed by atoms with van der Waals surface area (Å²) in [6.45, 7) is 2.90. The zero-order chi connectivity index (χ0) is 17.9. The Balaban J connectivity index is 1.47. The van der Waals surface area contributed by atoms with Gasteiger partial charge in [-0.25, -0.2) is 9.48 Å². The molecule has 0 bridgehead atoms.